The van der Waals surface area contributed by atoms with E-state index in [1.807, 2.05) is 0 Å². The first-order valence-electron chi connectivity index (χ1n) is 3.89. The maximum Gasteiger partial charge on any atom is 0.307 e. The van der Waals surface area contributed by atoms with Crippen LogP contribution in [0.2, 0.25) is 5.02 Å². The molecule has 0 saturated carbocycles. The summed E-state index contributed by atoms with van der Waals surface area (Å²) in [5, 5.41) is 7.98. The summed E-state index contributed by atoms with van der Waals surface area (Å²) in [4.78, 5) is 10.4. The van der Waals surface area contributed by atoms with Gasteiger partial charge in [0, 0.05) is 5.56 Å². The summed E-state index contributed by atoms with van der Waals surface area (Å²) in [6, 6.07) is 0.758. The highest BCUT2D eigenvalue weighted by Crippen LogP contribution is 2.33. The van der Waals surface area contributed by atoms with E-state index < -0.39 is 29.0 Å². The quantitative estimate of drug-likeness (QED) is 0.819. The second-order valence-corrected chi connectivity index (χ2v) is 3.13. The van der Waals surface area contributed by atoms with Crippen molar-refractivity contribution in [3.63, 3.8) is 0 Å². The molecular weight excluding hydrogens is 230 g/mol. The van der Waals surface area contributed by atoms with E-state index in [-0.39, 0.29) is 11.3 Å². The third kappa shape index (κ3) is 2.36. The molecule has 82 valence electrons. The highest BCUT2D eigenvalue weighted by atomic mass is 35.5. The van der Waals surface area contributed by atoms with Gasteiger partial charge in [0.15, 0.2) is 11.6 Å². The zero-order valence-corrected chi connectivity index (χ0v) is 8.44. The van der Waals surface area contributed by atoms with Crippen LogP contribution in [0.4, 0.5) is 8.78 Å². The van der Waals surface area contributed by atoms with Gasteiger partial charge in [-0.25, -0.2) is 8.78 Å². The lowest BCUT2D eigenvalue weighted by Gasteiger charge is -2.09. The Morgan fingerprint density at radius 1 is 1.60 bits per heavy atom. The molecule has 0 aromatic heterocycles. The highest BCUT2D eigenvalue weighted by Gasteiger charge is 2.19. The predicted molar refractivity (Wildman–Crippen MR) is 49.3 cm³/mol. The highest BCUT2D eigenvalue weighted by molar-refractivity contribution is 6.32. The molecule has 0 spiro atoms. The molecular formula is C9H7ClF2O3. The molecule has 1 aromatic rings. The minimum atomic E-state index is -1.25. The second kappa shape index (κ2) is 4.44. The molecule has 3 nitrogen and oxygen atoms in total. The first-order chi connectivity index (χ1) is 6.97. The Morgan fingerprint density at radius 2 is 2.20 bits per heavy atom. The molecule has 1 rings (SSSR count). The van der Waals surface area contributed by atoms with Crippen LogP contribution >= 0.6 is 11.6 Å². The smallest absolute Gasteiger partial charge is 0.307 e. The first-order valence-corrected chi connectivity index (χ1v) is 4.27. The number of carboxylic acid groups (broad SMARTS) is 1. The van der Waals surface area contributed by atoms with Crippen molar-refractivity contribution in [2.75, 3.05) is 7.11 Å². The minimum absolute atomic E-state index is 0.00565. The van der Waals surface area contributed by atoms with Crippen LogP contribution in [0.5, 0.6) is 5.75 Å². The van der Waals surface area contributed by atoms with Crippen molar-refractivity contribution in [3.05, 3.63) is 28.3 Å². The molecule has 0 fully saturated rings. The van der Waals surface area contributed by atoms with E-state index in [4.69, 9.17) is 21.4 Å². The Morgan fingerprint density at radius 3 is 2.67 bits per heavy atom. The molecule has 15 heavy (non-hydrogen) atoms. The maximum atomic E-state index is 13.0. The fraction of sp³-hybridized carbons (Fsp3) is 0.222. The van der Waals surface area contributed by atoms with Crippen LogP contribution in [-0.4, -0.2) is 18.2 Å². The Bertz CT molecular complexity index is 407. The van der Waals surface area contributed by atoms with Gasteiger partial charge in [-0.15, -0.1) is 0 Å². The van der Waals surface area contributed by atoms with Crippen LogP contribution in [0.15, 0.2) is 6.07 Å². The molecule has 0 radical (unpaired) electrons. The lowest BCUT2D eigenvalue weighted by molar-refractivity contribution is -0.136. The van der Waals surface area contributed by atoms with Crippen molar-refractivity contribution in [1.29, 1.82) is 0 Å². The normalized spacial score (nSPS) is 10.1. The van der Waals surface area contributed by atoms with Crippen LogP contribution in [-0.2, 0) is 11.2 Å². The van der Waals surface area contributed by atoms with Gasteiger partial charge < -0.3 is 9.84 Å². The topological polar surface area (TPSA) is 46.5 Å². The predicted octanol–water partition coefficient (Wildman–Crippen LogP) is 2.25. The summed E-state index contributed by atoms with van der Waals surface area (Å²) in [5.74, 6) is -3.78. The number of hydrogen-bond donors (Lipinski definition) is 1. The van der Waals surface area contributed by atoms with Crippen LogP contribution in [0.25, 0.3) is 0 Å². The lowest BCUT2D eigenvalue weighted by atomic mass is 10.1. The SMILES string of the molecule is COc1c(CC(=O)O)cc(F)c(F)c1Cl. The monoisotopic (exact) mass is 236 g/mol. The van der Waals surface area contributed by atoms with E-state index in [9.17, 15) is 13.6 Å². The Labute approximate surface area is 89.2 Å². The number of aliphatic carboxylic acids is 1. The maximum absolute atomic E-state index is 13.0. The molecule has 6 heteroatoms. The van der Waals surface area contributed by atoms with Crippen molar-refractivity contribution < 1.29 is 23.4 Å². The zero-order valence-electron chi connectivity index (χ0n) is 7.68. The molecule has 0 unspecified atom stereocenters. The van der Waals surface area contributed by atoms with Crippen molar-refractivity contribution >= 4 is 17.6 Å². The summed E-state index contributed by atoms with van der Waals surface area (Å²) >= 11 is 5.45. The van der Waals surface area contributed by atoms with E-state index >= 15 is 0 Å². The molecule has 0 amide bonds. The number of halogens is 3. The fourth-order valence-corrected chi connectivity index (χ4v) is 1.43. The summed E-state index contributed by atoms with van der Waals surface area (Å²) in [6.07, 6.45) is -0.486. The Hall–Kier alpha value is -1.36. The third-order valence-corrected chi connectivity index (χ3v) is 2.08. The molecule has 0 saturated heterocycles. The van der Waals surface area contributed by atoms with Crippen molar-refractivity contribution in [3.8, 4) is 5.75 Å². The van der Waals surface area contributed by atoms with Gasteiger partial charge in [0.1, 0.15) is 10.8 Å². The van der Waals surface area contributed by atoms with Crippen molar-refractivity contribution in [1.82, 2.24) is 0 Å². The number of ether oxygens (including phenoxy) is 1. The van der Waals surface area contributed by atoms with Crippen LogP contribution in [0.3, 0.4) is 0 Å². The van der Waals surface area contributed by atoms with E-state index in [0.717, 1.165) is 6.07 Å². The summed E-state index contributed by atoms with van der Waals surface area (Å²) in [7, 11) is 1.20. The van der Waals surface area contributed by atoms with Gasteiger partial charge in [-0.1, -0.05) is 11.6 Å². The van der Waals surface area contributed by atoms with Gasteiger partial charge in [-0.2, -0.15) is 0 Å². The van der Waals surface area contributed by atoms with E-state index in [1.165, 1.54) is 7.11 Å². The largest absolute Gasteiger partial charge is 0.495 e. The molecule has 1 aromatic carbocycles. The third-order valence-electron chi connectivity index (χ3n) is 1.74. The summed E-state index contributed by atoms with van der Waals surface area (Å²) in [5.41, 5.74) is -0.00565. The van der Waals surface area contributed by atoms with Crippen LogP contribution in [0.1, 0.15) is 5.56 Å². The zero-order chi connectivity index (χ0) is 11.6. The van der Waals surface area contributed by atoms with Gasteiger partial charge in [0.05, 0.1) is 13.5 Å². The van der Waals surface area contributed by atoms with Gasteiger partial charge >= 0.3 is 5.97 Å². The molecule has 0 heterocycles. The molecule has 0 aliphatic carbocycles. The number of hydrogen-bond acceptors (Lipinski definition) is 2. The van der Waals surface area contributed by atoms with Gasteiger partial charge in [-0.3, -0.25) is 4.79 Å². The molecule has 0 aliphatic rings. The minimum Gasteiger partial charge on any atom is -0.495 e. The average Bonchev–Trinajstić information content (AvgIpc) is 2.14. The lowest BCUT2D eigenvalue weighted by Crippen LogP contribution is -2.04. The molecule has 0 aliphatic heterocycles. The van der Waals surface area contributed by atoms with Crippen LogP contribution in [0, 0.1) is 11.6 Å². The number of rotatable bonds is 3. The van der Waals surface area contributed by atoms with E-state index in [1.54, 1.807) is 0 Å². The van der Waals surface area contributed by atoms with E-state index in [2.05, 4.69) is 0 Å². The second-order valence-electron chi connectivity index (χ2n) is 2.75. The van der Waals surface area contributed by atoms with Gasteiger partial charge in [-0.05, 0) is 6.07 Å². The van der Waals surface area contributed by atoms with Crippen molar-refractivity contribution in [2.24, 2.45) is 0 Å². The molecule has 0 atom stereocenters. The van der Waals surface area contributed by atoms with Crippen LogP contribution < -0.4 is 4.74 Å². The van der Waals surface area contributed by atoms with Gasteiger partial charge in [0.2, 0.25) is 0 Å². The number of carboxylic acids is 1. The Kier molecular flexibility index (Phi) is 3.47. The fourth-order valence-electron chi connectivity index (χ4n) is 1.14. The number of carbonyl (C=O) groups is 1. The molecule has 0 bridgehead atoms. The summed E-state index contributed by atoms with van der Waals surface area (Å²) < 4.78 is 30.6. The standard InChI is InChI=1S/C9H7ClF2O3/c1-15-9-4(3-6(13)14)2-5(11)8(12)7(9)10/h2H,3H2,1H3,(H,13,14). The average molecular weight is 237 g/mol. The summed E-state index contributed by atoms with van der Waals surface area (Å²) in [6.45, 7) is 0. The first kappa shape index (κ1) is 11.7. The van der Waals surface area contributed by atoms with Crippen molar-refractivity contribution in [2.45, 2.75) is 6.42 Å². The molecule has 1 N–H and O–H groups in total. The number of methoxy groups -OCH3 is 1. The Balaban J connectivity index is 3.31. The van der Waals surface area contributed by atoms with Gasteiger partial charge in [0.25, 0.3) is 0 Å². The number of benzene rings is 1. The van der Waals surface area contributed by atoms with E-state index in [0.29, 0.717) is 0 Å².